The summed E-state index contributed by atoms with van der Waals surface area (Å²) < 4.78 is 5.48. The van der Waals surface area contributed by atoms with Crippen LogP contribution < -0.4 is 20.8 Å². The summed E-state index contributed by atoms with van der Waals surface area (Å²) >= 11 is 11.7. The fourth-order valence-electron chi connectivity index (χ4n) is 2.53. The standard InChI is InChI=1S/C23H18Cl2N4O4/c24-16-7-9-18(10-8-16)27-21(30)14-33-20-6-1-3-15(11-20)13-26-29-23(32)22(31)28-19-5-2-4-17(25)12-19/h1-13H,14H2,(H,27,30)(H,28,31)(H,29,32)/b26-13-. The molecule has 168 valence electrons. The van der Waals surface area contributed by atoms with Gasteiger partial charge in [0, 0.05) is 21.4 Å². The third-order valence-electron chi connectivity index (χ3n) is 4.02. The number of hydrogen-bond acceptors (Lipinski definition) is 5. The normalized spacial score (nSPS) is 10.5. The molecule has 0 fully saturated rings. The van der Waals surface area contributed by atoms with Gasteiger partial charge in [0.15, 0.2) is 6.61 Å². The maximum Gasteiger partial charge on any atom is 0.329 e. The molecule has 0 radical (unpaired) electrons. The van der Waals surface area contributed by atoms with Gasteiger partial charge in [0.1, 0.15) is 5.75 Å². The van der Waals surface area contributed by atoms with Crippen molar-refractivity contribution in [2.45, 2.75) is 0 Å². The van der Waals surface area contributed by atoms with Crippen molar-refractivity contribution in [3.05, 3.63) is 88.4 Å². The van der Waals surface area contributed by atoms with Crippen LogP contribution in [-0.2, 0) is 14.4 Å². The van der Waals surface area contributed by atoms with Crippen LogP contribution in [0.3, 0.4) is 0 Å². The topological polar surface area (TPSA) is 109 Å². The van der Waals surface area contributed by atoms with Gasteiger partial charge in [-0.15, -0.1) is 0 Å². The molecule has 0 saturated heterocycles. The van der Waals surface area contributed by atoms with E-state index in [9.17, 15) is 14.4 Å². The van der Waals surface area contributed by atoms with E-state index in [0.29, 0.717) is 32.7 Å². The van der Waals surface area contributed by atoms with Crippen molar-refractivity contribution in [2.75, 3.05) is 17.2 Å². The first-order valence-corrected chi connectivity index (χ1v) is 10.3. The number of benzene rings is 3. The van der Waals surface area contributed by atoms with Gasteiger partial charge in [-0.1, -0.05) is 41.4 Å². The first kappa shape index (κ1) is 23.8. The Kier molecular flexibility index (Phi) is 8.40. The van der Waals surface area contributed by atoms with E-state index >= 15 is 0 Å². The van der Waals surface area contributed by atoms with Crippen LogP contribution in [-0.4, -0.2) is 30.5 Å². The van der Waals surface area contributed by atoms with Crippen LogP contribution in [0.2, 0.25) is 10.0 Å². The Morgan fingerprint density at radius 3 is 2.33 bits per heavy atom. The smallest absolute Gasteiger partial charge is 0.329 e. The molecular weight excluding hydrogens is 467 g/mol. The number of anilines is 2. The number of ether oxygens (including phenoxy) is 1. The minimum atomic E-state index is -0.947. The lowest BCUT2D eigenvalue weighted by atomic mass is 10.2. The van der Waals surface area contributed by atoms with Gasteiger partial charge < -0.3 is 15.4 Å². The predicted molar refractivity (Wildman–Crippen MR) is 128 cm³/mol. The molecule has 0 heterocycles. The van der Waals surface area contributed by atoms with Crippen LogP contribution in [0.5, 0.6) is 5.75 Å². The fourth-order valence-corrected chi connectivity index (χ4v) is 2.85. The summed E-state index contributed by atoms with van der Waals surface area (Å²) in [5.41, 5.74) is 3.71. The predicted octanol–water partition coefficient (Wildman–Crippen LogP) is 4.10. The van der Waals surface area contributed by atoms with E-state index in [4.69, 9.17) is 27.9 Å². The lowest BCUT2D eigenvalue weighted by Crippen LogP contribution is -2.32. The molecule has 0 bridgehead atoms. The highest BCUT2D eigenvalue weighted by molar-refractivity contribution is 6.39. The Bertz CT molecular complexity index is 1180. The molecule has 0 unspecified atom stereocenters. The first-order valence-electron chi connectivity index (χ1n) is 9.57. The van der Waals surface area contributed by atoms with Crippen LogP contribution in [0.4, 0.5) is 11.4 Å². The number of amides is 3. The highest BCUT2D eigenvalue weighted by atomic mass is 35.5. The summed E-state index contributed by atoms with van der Waals surface area (Å²) in [5, 5.41) is 9.86. The molecular formula is C23H18Cl2N4O4. The zero-order chi connectivity index (χ0) is 23.6. The van der Waals surface area contributed by atoms with Crippen LogP contribution in [0, 0.1) is 0 Å². The van der Waals surface area contributed by atoms with Crippen molar-refractivity contribution < 1.29 is 19.1 Å². The number of carbonyl (C=O) groups excluding carboxylic acids is 3. The Labute approximate surface area is 199 Å². The molecule has 0 atom stereocenters. The third-order valence-corrected chi connectivity index (χ3v) is 4.51. The molecule has 8 nitrogen and oxygen atoms in total. The number of halogens is 2. The number of hydrazone groups is 1. The van der Waals surface area contributed by atoms with Crippen molar-refractivity contribution in [1.82, 2.24) is 5.43 Å². The van der Waals surface area contributed by atoms with Gasteiger partial charge in [-0.3, -0.25) is 14.4 Å². The molecule has 0 aromatic heterocycles. The molecule has 0 aliphatic carbocycles. The molecule has 0 aliphatic rings. The average Bonchev–Trinajstić information content (AvgIpc) is 2.79. The zero-order valence-corrected chi connectivity index (χ0v) is 18.6. The molecule has 3 N–H and O–H groups in total. The molecule has 3 rings (SSSR count). The summed E-state index contributed by atoms with van der Waals surface area (Å²) in [5.74, 6) is -1.75. The fraction of sp³-hybridized carbons (Fsp3) is 0.0435. The molecule has 3 aromatic rings. The van der Waals surface area contributed by atoms with Crippen LogP contribution in [0.15, 0.2) is 77.9 Å². The van der Waals surface area contributed by atoms with Crippen molar-refractivity contribution in [1.29, 1.82) is 0 Å². The van der Waals surface area contributed by atoms with Gasteiger partial charge in [0.05, 0.1) is 6.21 Å². The van der Waals surface area contributed by atoms with E-state index < -0.39 is 11.8 Å². The quantitative estimate of drug-likeness (QED) is 0.266. The van der Waals surface area contributed by atoms with E-state index in [2.05, 4.69) is 21.2 Å². The van der Waals surface area contributed by atoms with Gasteiger partial charge >= 0.3 is 11.8 Å². The second-order valence-electron chi connectivity index (χ2n) is 6.58. The van der Waals surface area contributed by atoms with Crippen molar-refractivity contribution in [2.24, 2.45) is 5.10 Å². The molecule has 3 aromatic carbocycles. The van der Waals surface area contributed by atoms with Crippen LogP contribution >= 0.6 is 23.2 Å². The van der Waals surface area contributed by atoms with E-state index in [1.807, 2.05) is 0 Å². The Morgan fingerprint density at radius 1 is 0.818 bits per heavy atom. The van der Waals surface area contributed by atoms with Crippen LogP contribution in [0.1, 0.15) is 5.56 Å². The molecule has 10 heteroatoms. The molecule has 0 aliphatic heterocycles. The lowest BCUT2D eigenvalue weighted by Gasteiger charge is -2.08. The van der Waals surface area contributed by atoms with Gasteiger partial charge in [-0.25, -0.2) is 5.43 Å². The Balaban J connectivity index is 1.47. The summed E-state index contributed by atoms with van der Waals surface area (Å²) in [7, 11) is 0. The third kappa shape index (κ3) is 7.95. The largest absolute Gasteiger partial charge is 0.484 e. The number of nitrogens with zero attached hydrogens (tertiary/aromatic N) is 1. The lowest BCUT2D eigenvalue weighted by molar-refractivity contribution is -0.136. The summed E-state index contributed by atoms with van der Waals surface area (Å²) in [6.07, 6.45) is 1.34. The van der Waals surface area contributed by atoms with Crippen LogP contribution in [0.25, 0.3) is 0 Å². The van der Waals surface area contributed by atoms with Crippen molar-refractivity contribution in [3.63, 3.8) is 0 Å². The number of carbonyl (C=O) groups is 3. The summed E-state index contributed by atoms with van der Waals surface area (Å²) in [4.78, 5) is 35.8. The Morgan fingerprint density at radius 2 is 1.58 bits per heavy atom. The van der Waals surface area contributed by atoms with Crippen molar-refractivity contribution in [3.8, 4) is 5.75 Å². The Hall–Kier alpha value is -3.88. The second kappa shape index (κ2) is 11.7. The van der Waals surface area contributed by atoms with E-state index in [1.165, 1.54) is 12.3 Å². The van der Waals surface area contributed by atoms with Gasteiger partial charge in [0.2, 0.25) is 0 Å². The molecule has 3 amide bonds. The molecule has 0 spiro atoms. The van der Waals surface area contributed by atoms with Gasteiger partial charge in [0.25, 0.3) is 5.91 Å². The SMILES string of the molecule is O=C(COc1cccc(/C=N\NC(=O)C(=O)Nc2cccc(Cl)c2)c1)Nc1ccc(Cl)cc1. The maximum absolute atomic E-state index is 12.0. The average molecular weight is 485 g/mol. The second-order valence-corrected chi connectivity index (χ2v) is 7.45. The molecule has 33 heavy (non-hydrogen) atoms. The maximum atomic E-state index is 12.0. The number of rotatable bonds is 7. The monoisotopic (exact) mass is 484 g/mol. The highest BCUT2D eigenvalue weighted by Crippen LogP contribution is 2.15. The number of nitrogens with one attached hydrogen (secondary N) is 3. The summed E-state index contributed by atoms with van der Waals surface area (Å²) in [6, 6.07) is 19.8. The van der Waals surface area contributed by atoms with E-state index in [1.54, 1.807) is 66.7 Å². The van der Waals surface area contributed by atoms with E-state index in [0.717, 1.165) is 0 Å². The number of hydrogen-bond donors (Lipinski definition) is 3. The van der Waals surface area contributed by atoms with E-state index in [-0.39, 0.29) is 12.5 Å². The van der Waals surface area contributed by atoms with Gasteiger partial charge in [-0.2, -0.15) is 5.10 Å². The summed E-state index contributed by atoms with van der Waals surface area (Å²) in [6.45, 7) is -0.205. The first-order chi connectivity index (χ1) is 15.9. The van der Waals surface area contributed by atoms with Gasteiger partial charge in [-0.05, 0) is 60.2 Å². The highest BCUT2D eigenvalue weighted by Gasteiger charge is 2.13. The zero-order valence-electron chi connectivity index (χ0n) is 17.0. The minimum Gasteiger partial charge on any atom is -0.484 e. The van der Waals surface area contributed by atoms with Crippen molar-refractivity contribution >= 4 is 58.5 Å². The molecule has 0 saturated carbocycles. The minimum absolute atomic E-state index is 0.205.